The highest BCUT2D eigenvalue weighted by Gasteiger charge is 2.17. The van der Waals surface area contributed by atoms with Crippen LogP contribution in [0.2, 0.25) is 0 Å². The first kappa shape index (κ1) is 20.8. The van der Waals surface area contributed by atoms with Crippen LogP contribution in [0.5, 0.6) is 0 Å². The van der Waals surface area contributed by atoms with Crippen LogP contribution in [-0.2, 0) is 17.9 Å². The second kappa shape index (κ2) is 10.0. The van der Waals surface area contributed by atoms with E-state index in [4.69, 9.17) is 0 Å². The molecule has 2 aromatic heterocycles. The molecule has 0 fully saturated rings. The van der Waals surface area contributed by atoms with E-state index < -0.39 is 0 Å². The lowest BCUT2D eigenvalue weighted by Gasteiger charge is -2.19. The monoisotopic (exact) mass is 433 g/mol. The van der Waals surface area contributed by atoms with E-state index in [0.717, 1.165) is 22.1 Å². The van der Waals surface area contributed by atoms with Crippen molar-refractivity contribution in [3.05, 3.63) is 90.3 Å². The quantitative estimate of drug-likeness (QED) is 0.408. The van der Waals surface area contributed by atoms with Crippen LogP contribution in [-0.4, -0.2) is 41.2 Å². The Balaban J connectivity index is 1.41. The lowest BCUT2D eigenvalue weighted by molar-refractivity contribution is -0.119. The third kappa shape index (κ3) is 5.58. The van der Waals surface area contributed by atoms with Gasteiger partial charge in [-0.05, 0) is 18.1 Å². The van der Waals surface area contributed by atoms with Gasteiger partial charge in [-0.1, -0.05) is 72.4 Å². The molecule has 0 saturated carbocycles. The molecule has 0 bridgehead atoms. The second-order valence-electron chi connectivity index (χ2n) is 7.04. The third-order valence-corrected chi connectivity index (χ3v) is 5.76. The number of benzene rings is 2. The molecular weight excluding hydrogens is 410 g/mol. The number of nitrogens with zero attached hydrogens (tertiary/aromatic N) is 6. The van der Waals surface area contributed by atoms with Gasteiger partial charge in [0.25, 0.3) is 0 Å². The number of thioether (sulfide) groups is 1. The summed E-state index contributed by atoms with van der Waals surface area (Å²) in [6.07, 6.45) is 3.13. The average Bonchev–Trinajstić information content (AvgIpc) is 3.43. The number of nitrogens with one attached hydrogen (secondary N) is 1. The Bertz CT molecular complexity index is 1100. The SMILES string of the molecule is Cc1nnc(SCC(=O)NC(Cn2cncn2)c2ccccc2)n1Cc1ccccc1. The summed E-state index contributed by atoms with van der Waals surface area (Å²) in [6.45, 7) is 3.09. The topological polar surface area (TPSA) is 90.5 Å². The maximum atomic E-state index is 12.8. The number of amides is 1. The molecule has 8 nitrogen and oxygen atoms in total. The van der Waals surface area contributed by atoms with Crippen molar-refractivity contribution >= 4 is 17.7 Å². The number of carbonyl (C=O) groups is 1. The van der Waals surface area contributed by atoms with Crippen LogP contribution in [0.3, 0.4) is 0 Å². The molecule has 1 atom stereocenters. The Morgan fingerprint density at radius 3 is 2.52 bits per heavy atom. The van der Waals surface area contributed by atoms with Gasteiger partial charge in [0.1, 0.15) is 18.5 Å². The molecule has 2 heterocycles. The molecule has 1 unspecified atom stereocenters. The van der Waals surface area contributed by atoms with Crippen molar-refractivity contribution in [2.75, 3.05) is 5.75 Å². The van der Waals surface area contributed by atoms with Crippen molar-refractivity contribution in [2.45, 2.75) is 31.2 Å². The van der Waals surface area contributed by atoms with Crippen LogP contribution < -0.4 is 5.32 Å². The third-order valence-electron chi connectivity index (χ3n) is 4.79. The van der Waals surface area contributed by atoms with Gasteiger partial charge in [-0.3, -0.25) is 9.48 Å². The zero-order valence-electron chi connectivity index (χ0n) is 17.1. The fraction of sp³-hybridized carbons (Fsp3) is 0.227. The summed E-state index contributed by atoms with van der Waals surface area (Å²) in [6, 6.07) is 19.8. The number of aryl methyl sites for hydroxylation is 1. The lowest BCUT2D eigenvalue weighted by Crippen LogP contribution is -2.32. The first-order valence-electron chi connectivity index (χ1n) is 9.92. The molecule has 31 heavy (non-hydrogen) atoms. The molecule has 0 aliphatic carbocycles. The van der Waals surface area contributed by atoms with Crippen LogP contribution in [0.1, 0.15) is 23.0 Å². The highest BCUT2D eigenvalue weighted by molar-refractivity contribution is 7.99. The van der Waals surface area contributed by atoms with Crippen molar-refractivity contribution in [3.63, 3.8) is 0 Å². The van der Waals surface area contributed by atoms with Crippen LogP contribution in [0.4, 0.5) is 0 Å². The van der Waals surface area contributed by atoms with Crippen molar-refractivity contribution in [1.82, 2.24) is 34.8 Å². The van der Waals surface area contributed by atoms with Gasteiger partial charge in [0.15, 0.2) is 5.16 Å². The van der Waals surface area contributed by atoms with E-state index in [2.05, 4.69) is 37.7 Å². The molecule has 2 aromatic carbocycles. The molecule has 0 aliphatic rings. The molecule has 0 spiro atoms. The van der Waals surface area contributed by atoms with E-state index in [0.29, 0.717) is 13.1 Å². The van der Waals surface area contributed by atoms with Gasteiger partial charge < -0.3 is 9.88 Å². The predicted molar refractivity (Wildman–Crippen MR) is 118 cm³/mol. The van der Waals surface area contributed by atoms with Crippen molar-refractivity contribution in [3.8, 4) is 0 Å². The van der Waals surface area contributed by atoms with Gasteiger partial charge in [-0.15, -0.1) is 10.2 Å². The van der Waals surface area contributed by atoms with Gasteiger partial charge in [-0.25, -0.2) is 4.98 Å². The summed E-state index contributed by atoms with van der Waals surface area (Å²) in [5, 5.41) is 16.4. The molecule has 4 rings (SSSR count). The minimum atomic E-state index is -0.208. The van der Waals surface area contributed by atoms with E-state index in [9.17, 15) is 4.79 Å². The Kier molecular flexibility index (Phi) is 6.73. The summed E-state index contributed by atoms with van der Waals surface area (Å²) in [5.74, 6) is 0.985. The van der Waals surface area contributed by atoms with Crippen LogP contribution >= 0.6 is 11.8 Å². The highest BCUT2D eigenvalue weighted by Crippen LogP contribution is 2.20. The van der Waals surface area contributed by atoms with Crippen LogP contribution in [0, 0.1) is 6.92 Å². The first-order valence-corrected chi connectivity index (χ1v) is 10.9. The minimum Gasteiger partial charge on any atom is -0.347 e. The van der Waals surface area contributed by atoms with Crippen molar-refractivity contribution in [2.24, 2.45) is 0 Å². The molecule has 9 heteroatoms. The molecule has 0 aliphatic heterocycles. The van der Waals surface area contributed by atoms with E-state index in [1.54, 1.807) is 11.0 Å². The molecule has 0 saturated heterocycles. The summed E-state index contributed by atoms with van der Waals surface area (Å²) in [7, 11) is 0. The minimum absolute atomic E-state index is 0.0779. The molecule has 1 N–H and O–H groups in total. The molecule has 158 valence electrons. The summed E-state index contributed by atoms with van der Waals surface area (Å²) < 4.78 is 3.74. The maximum Gasteiger partial charge on any atom is 0.231 e. The lowest BCUT2D eigenvalue weighted by atomic mass is 10.1. The molecule has 0 radical (unpaired) electrons. The number of hydrogen-bond donors (Lipinski definition) is 1. The zero-order chi connectivity index (χ0) is 21.5. The predicted octanol–water partition coefficient (Wildman–Crippen LogP) is 2.88. The smallest absolute Gasteiger partial charge is 0.231 e. The van der Waals surface area contributed by atoms with Crippen LogP contribution in [0.15, 0.2) is 78.5 Å². The van der Waals surface area contributed by atoms with Crippen molar-refractivity contribution in [1.29, 1.82) is 0 Å². The zero-order valence-corrected chi connectivity index (χ0v) is 17.9. The average molecular weight is 434 g/mol. The molecular formula is C22H23N7OS. The molecule has 4 aromatic rings. The normalized spacial score (nSPS) is 11.9. The van der Waals surface area contributed by atoms with Gasteiger partial charge in [0, 0.05) is 0 Å². The van der Waals surface area contributed by atoms with E-state index in [1.165, 1.54) is 18.1 Å². The Labute approximate surface area is 184 Å². The van der Waals surface area contributed by atoms with Crippen molar-refractivity contribution < 1.29 is 4.79 Å². The van der Waals surface area contributed by atoms with E-state index in [1.807, 2.05) is 60.0 Å². The fourth-order valence-electron chi connectivity index (χ4n) is 3.22. The number of rotatable bonds is 9. The Morgan fingerprint density at radius 2 is 1.81 bits per heavy atom. The van der Waals surface area contributed by atoms with Gasteiger partial charge in [0.2, 0.25) is 5.91 Å². The standard InChI is InChI=1S/C22H23N7OS/c1-17-26-27-22(29(17)12-18-8-4-2-5-9-18)31-14-21(30)25-20(13-28-16-23-15-24-28)19-10-6-3-7-11-19/h2-11,15-16,20H,12-14H2,1H3,(H,25,30). The van der Waals surface area contributed by atoms with Gasteiger partial charge in [0.05, 0.1) is 24.9 Å². The van der Waals surface area contributed by atoms with Crippen LogP contribution in [0.25, 0.3) is 0 Å². The van der Waals surface area contributed by atoms with E-state index in [-0.39, 0.29) is 17.7 Å². The number of aromatic nitrogens is 6. The number of hydrogen-bond acceptors (Lipinski definition) is 6. The highest BCUT2D eigenvalue weighted by atomic mass is 32.2. The Morgan fingerprint density at radius 1 is 1.06 bits per heavy atom. The summed E-state index contributed by atoms with van der Waals surface area (Å²) >= 11 is 1.38. The van der Waals surface area contributed by atoms with Gasteiger partial charge in [-0.2, -0.15) is 5.10 Å². The number of carbonyl (C=O) groups excluding carboxylic acids is 1. The Hall–Kier alpha value is -3.46. The summed E-state index contributed by atoms with van der Waals surface area (Å²) in [5.41, 5.74) is 2.17. The second-order valence-corrected chi connectivity index (χ2v) is 7.98. The first-order chi connectivity index (χ1) is 15.2. The molecule has 1 amide bonds. The maximum absolute atomic E-state index is 12.8. The largest absolute Gasteiger partial charge is 0.347 e. The fourth-order valence-corrected chi connectivity index (χ4v) is 4.01. The van der Waals surface area contributed by atoms with E-state index >= 15 is 0 Å². The van der Waals surface area contributed by atoms with Gasteiger partial charge >= 0.3 is 0 Å². The summed E-state index contributed by atoms with van der Waals surface area (Å²) in [4.78, 5) is 16.8.